The summed E-state index contributed by atoms with van der Waals surface area (Å²) in [7, 11) is 0. The van der Waals surface area contributed by atoms with Gasteiger partial charge in [0.05, 0.1) is 12.6 Å². The Balaban J connectivity index is 1.48. The van der Waals surface area contributed by atoms with Crippen LogP contribution in [0, 0.1) is 5.82 Å². The topological polar surface area (TPSA) is 81.1 Å². The zero-order valence-electron chi connectivity index (χ0n) is 14.7. The molecule has 0 bridgehead atoms. The number of rotatable bonds is 5. The molecule has 1 atom stereocenters. The smallest absolute Gasteiger partial charge is 0.247 e. The Morgan fingerprint density at radius 1 is 1.23 bits per heavy atom. The molecular weight excluding hydrogens is 337 g/mol. The predicted molar refractivity (Wildman–Crippen MR) is 90.5 cm³/mol. The van der Waals surface area contributed by atoms with E-state index >= 15 is 0 Å². The lowest BCUT2D eigenvalue weighted by molar-refractivity contribution is 0.213. The molecule has 4 rings (SSSR count). The van der Waals surface area contributed by atoms with E-state index in [2.05, 4.69) is 25.2 Å². The van der Waals surface area contributed by atoms with Crippen molar-refractivity contribution in [2.75, 3.05) is 6.54 Å². The monoisotopic (exact) mass is 357 g/mol. The Bertz CT molecular complexity index is 874. The van der Waals surface area contributed by atoms with Crippen molar-refractivity contribution in [2.24, 2.45) is 0 Å². The minimum atomic E-state index is -0.297. The van der Waals surface area contributed by atoms with E-state index in [1.54, 1.807) is 12.1 Å². The van der Waals surface area contributed by atoms with Crippen LogP contribution in [0.15, 0.2) is 33.2 Å². The molecule has 0 amide bonds. The van der Waals surface area contributed by atoms with Crippen LogP contribution in [-0.2, 0) is 6.54 Å². The summed E-state index contributed by atoms with van der Waals surface area (Å²) in [6.45, 7) is 5.48. The van der Waals surface area contributed by atoms with E-state index in [4.69, 9.17) is 8.94 Å². The van der Waals surface area contributed by atoms with Gasteiger partial charge in [0.25, 0.3) is 0 Å². The molecular formula is C18H20FN5O2. The second-order valence-electron chi connectivity index (χ2n) is 6.78. The zero-order chi connectivity index (χ0) is 18.1. The maximum atomic E-state index is 13.0. The van der Waals surface area contributed by atoms with Gasteiger partial charge in [-0.25, -0.2) is 4.39 Å². The molecule has 26 heavy (non-hydrogen) atoms. The highest BCUT2D eigenvalue weighted by Crippen LogP contribution is 2.32. The lowest BCUT2D eigenvalue weighted by atomic mass is 10.2. The van der Waals surface area contributed by atoms with Crippen molar-refractivity contribution in [3.8, 4) is 11.5 Å². The standard InChI is InChI=1S/C18H20FN5O2/c1-11(2)17-20-16(23-26-17)14-4-3-9-24(14)10-15-21-22-18(25-15)12-5-7-13(19)8-6-12/h5-8,11,14H,3-4,9-10H2,1-2H3. The minimum absolute atomic E-state index is 0.0902. The number of benzene rings is 1. The fourth-order valence-corrected chi connectivity index (χ4v) is 3.13. The first-order valence-electron chi connectivity index (χ1n) is 8.76. The largest absolute Gasteiger partial charge is 0.419 e. The van der Waals surface area contributed by atoms with Crippen molar-refractivity contribution < 1.29 is 13.3 Å². The molecule has 3 heterocycles. The molecule has 8 heteroatoms. The summed E-state index contributed by atoms with van der Waals surface area (Å²) >= 11 is 0. The predicted octanol–water partition coefficient (Wildman–Crippen LogP) is 3.72. The van der Waals surface area contributed by atoms with Crippen molar-refractivity contribution in [3.63, 3.8) is 0 Å². The molecule has 1 saturated heterocycles. The molecule has 7 nitrogen and oxygen atoms in total. The lowest BCUT2D eigenvalue weighted by Crippen LogP contribution is -2.23. The number of nitrogens with zero attached hydrogens (tertiary/aromatic N) is 5. The van der Waals surface area contributed by atoms with Gasteiger partial charge in [0.2, 0.25) is 17.7 Å². The van der Waals surface area contributed by atoms with Gasteiger partial charge in [-0.15, -0.1) is 10.2 Å². The molecule has 1 aromatic carbocycles. The van der Waals surface area contributed by atoms with Crippen LogP contribution >= 0.6 is 0 Å². The third-order valence-corrected chi connectivity index (χ3v) is 4.51. The molecule has 0 N–H and O–H groups in total. The molecule has 136 valence electrons. The van der Waals surface area contributed by atoms with Crippen LogP contribution in [0.5, 0.6) is 0 Å². The number of likely N-dealkylation sites (tertiary alicyclic amines) is 1. The summed E-state index contributed by atoms with van der Waals surface area (Å²) in [6.07, 6.45) is 2.02. The number of halogens is 1. The third kappa shape index (κ3) is 3.37. The van der Waals surface area contributed by atoms with E-state index in [1.807, 2.05) is 13.8 Å². The molecule has 3 aromatic rings. The number of aromatic nitrogens is 4. The van der Waals surface area contributed by atoms with Crippen molar-refractivity contribution in [3.05, 3.63) is 47.7 Å². The summed E-state index contributed by atoms with van der Waals surface area (Å²) in [5.74, 6) is 2.18. The average molecular weight is 357 g/mol. The highest BCUT2D eigenvalue weighted by Gasteiger charge is 2.31. The number of hydrogen-bond donors (Lipinski definition) is 0. The van der Waals surface area contributed by atoms with E-state index in [-0.39, 0.29) is 17.8 Å². The summed E-state index contributed by atoms with van der Waals surface area (Å²) in [5, 5.41) is 12.3. The van der Waals surface area contributed by atoms with Gasteiger partial charge in [-0.05, 0) is 43.7 Å². The summed E-state index contributed by atoms with van der Waals surface area (Å²) in [6, 6.07) is 6.08. The van der Waals surface area contributed by atoms with Gasteiger partial charge in [0.15, 0.2) is 5.82 Å². The van der Waals surface area contributed by atoms with E-state index in [9.17, 15) is 4.39 Å². The molecule has 1 aliphatic heterocycles. The average Bonchev–Trinajstić information content (AvgIpc) is 3.35. The van der Waals surface area contributed by atoms with Crippen molar-refractivity contribution >= 4 is 0 Å². The Kier molecular flexibility index (Phi) is 4.50. The third-order valence-electron chi connectivity index (χ3n) is 4.51. The van der Waals surface area contributed by atoms with Crippen LogP contribution in [-0.4, -0.2) is 31.8 Å². The van der Waals surface area contributed by atoms with Gasteiger partial charge in [-0.3, -0.25) is 4.90 Å². The Labute approximate surface area is 150 Å². The second kappa shape index (κ2) is 6.95. The SMILES string of the molecule is CC(C)c1nc(C2CCCN2Cc2nnc(-c3ccc(F)cc3)o2)no1. The summed E-state index contributed by atoms with van der Waals surface area (Å²) in [4.78, 5) is 6.74. The van der Waals surface area contributed by atoms with Crippen molar-refractivity contribution in [2.45, 2.75) is 45.2 Å². The molecule has 2 aromatic heterocycles. The fourth-order valence-electron chi connectivity index (χ4n) is 3.13. The maximum absolute atomic E-state index is 13.0. The van der Waals surface area contributed by atoms with Crippen LogP contribution in [0.25, 0.3) is 11.5 Å². The van der Waals surface area contributed by atoms with E-state index in [1.165, 1.54) is 12.1 Å². The molecule has 1 fully saturated rings. The molecule has 0 radical (unpaired) electrons. The Morgan fingerprint density at radius 2 is 2.04 bits per heavy atom. The van der Waals surface area contributed by atoms with Gasteiger partial charge >= 0.3 is 0 Å². The maximum Gasteiger partial charge on any atom is 0.247 e. The molecule has 0 spiro atoms. The van der Waals surface area contributed by atoms with E-state index in [0.29, 0.717) is 35.6 Å². The fraction of sp³-hybridized carbons (Fsp3) is 0.444. The van der Waals surface area contributed by atoms with Crippen LogP contribution in [0.4, 0.5) is 4.39 Å². The first-order chi connectivity index (χ1) is 12.6. The normalized spacial score (nSPS) is 18.1. The van der Waals surface area contributed by atoms with Gasteiger partial charge in [0, 0.05) is 11.5 Å². The molecule has 1 aliphatic rings. The van der Waals surface area contributed by atoms with Gasteiger partial charge < -0.3 is 8.94 Å². The minimum Gasteiger partial charge on any atom is -0.419 e. The van der Waals surface area contributed by atoms with Crippen molar-refractivity contribution in [1.82, 2.24) is 25.2 Å². The highest BCUT2D eigenvalue weighted by molar-refractivity contribution is 5.51. The first kappa shape index (κ1) is 16.8. The lowest BCUT2D eigenvalue weighted by Gasteiger charge is -2.19. The summed E-state index contributed by atoms with van der Waals surface area (Å²) < 4.78 is 24.1. The number of hydrogen-bond acceptors (Lipinski definition) is 7. The van der Waals surface area contributed by atoms with Gasteiger partial charge in [-0.1, -0.05) is 19.0 Å². The van der Waals surface area contributed by atoms with E-state index in [0.717, 1.165) is 19.4 Å². The highest BCUT2D eigenvalue weighted by atomic mass is 19.1. The molecule has 0 saturated carbocycles. The van der Waals surface area contributed by atoms with Crippen LogP contribution in [0.3, 0.4) is 0 Å². The van der Waals surface area contributed by atoms with E-state index < -0.39 is 0 Å². The van der Waals surface area contributed by atoms with Crippen LogP contribution < -0.4 is 0 Å². The Morgan fingerprint density at radius 3 is 2.77 bits per heavy atom. The van der Waals surface area contributed by atoms with Gasteiger partial charge in [-0.2, -0.15) is 4.98 Å². The molecule has 0 aliphatic carbocycles. The van der Waals surface area contributed by atoms with Crippen molar-refractivity contribution in [1.29, 1.82) is 0 Å². The first-order valence-corrected chi connectivity index (χ1v) is 8.76. The zero-order valence-corrected chi connectivity index (χ0v) is 14.7. The van der Waals surface area contributed by atoms with Crippen LogP contribution in [0.2, 0.25) is 0 Å². The second-order valence-corrected chi connectivity index (χ2v) is 6.78. The van der Waals surface area contributed by atoms with Crippen LogP contribution in [0.1, 0.15) is 56.3 Å². The summed E-state index contributed by atoms with van der Waals surface area (Å²) in [5.41, 5.74) is 0.697. The Hall–Kier alpha value is -2.61. The van der Waals surface area contributed by atoms with Gasteiger partial charge in [0.1, 0.15) is 5.82 Å². The quantitative estimate of drug-likeness (QED) is 0.688. The molecule has 1 unspecified atom stereocenters.